The van der Waals surface area contributed by atoms with Crippen molar-refractivity contribution in [3.05, 3.63) is 40.7 Å². The van der Waals surface area contributed by atoms with E-state index >= 15 is 0 Å². The number of allylic oxidation sites excluding steroid dienone is 1. The second kappa shape index (κ2) is 6.02. The minimum absolute atomic E-state index is 0.308. The smallest absolute Gasteiger partial charge is 0.350 e. The molecule has 25 heavy (non-hydrogen) atoms. The number of ether oxygens (including phenoxy) is 1. The van der Waals surface area contributed by atoms with Crippen LogP contribution in [0.2, 0.25) is 0 Å². The van der Waals surface area contributed by atoms with Crippen LogP contribution in [0.3, 0.4) is 0 Å². The molecule has 0 N–H and O–H groups in total. The number of aryl methyl sites for hydroxylation is 1. The van der Waals surface area contributed by atoms with Crippen LogP contribution in [-0.4, -0.2) is 27.5 Å². The number of carbonyl (C=O) groups excluding carboxylic acids is 1. The number of carbonyl (C=O) groups is 1. The van der Waals surface area contributed by atoms with Crippen LogP contribution in [0.15, 0.2) is 30.1 Å². The zero-order valence-electron chi connectivity index (χ0n) is 14.7. The standard InChI is InChI=1S/C19H21N3O2S/c1-11-15(25-17(22-11)16-20-7-4-8-21-16)18(23)24-10-12-5-6-13-9-14(12)19(13,2)3/h4-5,7-8,13-14H,6,9-10H2,1-3H3/t13-,14-/m0/s1. The van der Waals surface area contributed by atoms with E-state index in [2.05, 4.69) is 34.9 Å². The van der Waals surface area contributed by atoms with Crippen molar-refractivity contribution in [2.24, 2.45) is 17.3 Å². The minimum atomic E-state index is -0.308. The first-order valence-electron chi connectivity index (χ1n) is 8.57. The lowest BCUT2D eigenvalue weighted by Gasteiger charge is -2.56. The Morgan fingerprint density at radius 3 is 2.80 bits per heavy atom. The predicted molar refractivity (Wildman–Crippen MR) is 96.2 cm³/mol. The first-order chi connectivity index (χ1) is 12.0. The van der Waals surface area contributed by atoms with Gasteiger partial charge in [-0.05, 0) is 48.7 Å². The molecule has 2 aromatic rings. The molecule has 0 saturated heterocycles. The van der Waals surface area contributed by atoms with Gasteiger partial charge in [0.05, 0.1) is 5.69 Å². The van der Waals surface area contributed by atoms with Gasteiger partial charge in [-0.15, -0.1) is 11.3 Å². The predicted octanol–water partition coefficient (Wildman–Crippen LogP) is 4.06. The van der Waals surface area contributed by atoms with E-state index in [0.717, 1.165) is 12.3 Å². The topological polar surface area (TPSA) is 65.0 Å². The van der Waals surface area contributed by atoms with Gasteiger partial charge in [-0.1, -0.05) is 19.9 Å². The molecule has 0 amide bonds. The maximum absolute atomic E-state index is 12.5. The molecule has 6 heteroatoms. The number of thiazole rings is 1. The van der Waals surface area contributed by atoms with Crippen molar-refractivity contribution in [3.63, 3.8) is 0 Å². The Hall–Kier alpha value is -2.08. The van der Waals surface area contributed by atoms with E-state index in [1.54, 1.807) is 18.5 Å². The summed E-state index contributed by atoms with van der Waals surface area (Å²) in [4.78, 5) is 25.8. The largest absolute Gasteiger partial charge is 0.457 e. The Morgan fingerprint density at radius 2 is 2.12 bits per heavy atom. The monoisotopic (exact) mass is 355 g/mol. The highest BCUT2D eigenvalue weighted by Gasteiger charge is 2.51. The summed E-state index contributed by atoms with van der Waals surface area (Å²) < 4.78 is 5.61. The fourth-order valence-corrected chi connectivity index (χ4v) is 4.85. The van der Waals surface area contributed by atoms with Crippen LogP contribution >= 0.6 is 11.3 Å². The summed E-state index contributed by atoms with van der Waals surface area (Å²) in [7, 11) is 0. The lowest BCUT2D eigenvalue weighted by Crippen LogP contribution is -2.48. The lowest BCUT2D eigenvalue weighted by atomic mass is 9.49. The van der Waals surface area contributed by atoms with Crippen LogP contribution in [0.1, 0.15) is 42.1 Å². The molecule has 1 saturated carbocycles. The average Bonchev–Trinajstić information content (AvgIpc) is 3.02. The zero-order chi connectivity index (χ0) is 17.6. The number of esters is 1. The van der Waals surface area contributed by atoms with Crippen molar-refractivity contribution in [2.45, 2.75) is 33.6 Å². The van der Waals surface area contributed by atoms with Crippen molar-refractivity contribution in [3.8, 4) is 10.8 Å². The van der Waals surface area contributed by atoms with Gasteiger partial charge in [0.2, 0.25) is 0 Å². The molecule has 1 fully saturated rings. The maximum Gasteiger partial charge on any atom is 0.350 e. The van der Waals surface area contributed by atoms with Crippen LogP contribution in [0, 0.1) is 24.2 Å². The second-order valence-electron chi connectivity index (χ2n) is 7.40. The summed E-state index contributed by atoms with van der Waals surface area (Å²) in [6, 6.07) is 1.75. The van der Waals surface area contributed by atoms with Gasteiger partial charge in [-0.3, -0.25) is 0 Å². The molecule has 0 aromatic carbocycles. The average molecular weight is 355 g/mol. The molecule has 5 nitrogen and oxygen atoms in total. The Bertz CT molecular complexity index is 842. The summed E-state index contributed by atoms with van der Waals surface area (Å²) in [6.45, 7) is 6.84. The number of hydrogen-bond acceptors (Lipinski definition) is 6. The second-order valence-corrected chi connectivity index (χ2v) is 8.40. The molecule has 130 valence electrons. The van der Waals surface area contributed by atoms with Crippen molar-refractivity contribution >= 4 is 17.3 Å². The number of fused-ring (bicyclic) bond motifs is 1. The van der Waals surface area contributed by atoms with E-state index in [4.69, 9.17) is 4.74 Å². The Morgan fingerprint density at radius 1 is 1.36 bits per heavy atom. The normalized spacial score (nSPS) is 23.6. The van der Waals surface area contributed by atoms with Gasteiger partial charge in [-0.25, -0.2) is 19.7 Å². The molecule has 2 atom stereocenters. The quantitative estimate of drug-likeness (QED) is 0.611. The first-order valence-corrected chi connectivity index (χ1v) is 9.39. The summed E-state index contributed by atoms with van der Waals surface area (Å²) in [5.74, 6) is 1.56. The molecule has 2 aromatic heterocycles. The third-order valence-electron chi connectivity index (χ3n) is 5.69. The molecule has 0 radical (unpaired) electrons. The van der Waals surface area contributed by atoms with E-state index in [-0.39, 0.29) is 5.97 Å². The molecular formula is C19H21N3O2S. The Balaban J connectivity index is 1.46. The minimum Gasteiger partial charge on any atom is -0.457 e. The van der Waals surface area contributed by atoms with Crippen molar-refractivity contribution in [1.82, 2.24) is 15.0 Å². The molecule has 0 aliphatic heterocycles. The van der Waals surface area contributed by atoms with Crippen LogP contribution in [0.25, 0.3) is 10.8 Å². The molecular weight excluding hydrogens is 334 g/mol. The number of rotatable bonds is 4. The zero-order valence-corrected chi connectivity index (χ0v) is 15.5. The van der Waals surface area contributed by atoms with E-state index in [0.29, 0.717) is 39.3 Å². The number of hydrogen-bond donors (Lipinski definition) is 0. The van der Waals surface area contributed by atoms with Gasteiger partial charge in [-0.2, -0.15) is 0 Å². The third-order valence-corrected chi connectivity index (χ3v) is 6.83. The van der Waals surface area contributed by atoms with Crippen LogP contribution in [0.5, 0.6) is 0 Å². The number of nitrogens with zero attached hydrogens (tertiary/aromatic N) is 3. The van der Waals surface area contributed by atoms with E-state index in [1.165, 1.54) is 23.3 Å². The highest BCUT2D eigenvalue weighted by Crippen LogP contribution is 2.59. The third kappa shape index (κ3) is 2.78. The van der Waals surface area contributed by atoms with Crippen LogP contribution < -0.4 is 0 Å². The van der Waals surface area contributed by atoms with Gasteiger partial charge >= 0.3 is 5.97 Å². The van der Waals surface area contributed by atoms with Gasteiger partial charge in [0, 0.05) is 12.4 Å². The van der Waals surface area contributed by atoms with Gasteiger partial charge in [0.1, 0.15) is 11.5 Å². The molecule has 2 bridgehead atoms. The Kier molecular flexibility index (Phi) is 3.95. The fourth-order valence-electron chi connectivity index (χ4n) is 3.95. The van der Waals surface area contributed by atoms with Crippen molar-refractivity contribution in [2.75, 3.05) is 6.61 Å². The lowest BCUT2D eigenvalue weighted by molar-refractivity contribution is -0.0154. The van der Waals surface area contributed by atoms with Crippen LogP contribution in [0.4, 0.5) is 0 Å². The maximum atomic E-state index is 12.5. The summed E-state index contributed by atoms with van der Waals surface area (Å²) in [5, 5.41) is 0.643. The Labute approximate surface area is 151 Å². The summed E-state index contributed by atoms with van der Waals surface area (Å²) in [5.41, 5.74) is 2.28. The molecule has 0 unspecified atom stereocenters. The highest BCUT2D eigenvalue weighted by atomic mass is 32.1. The molecule has 2 heterocycles. The van der Waals surface area contributed by atoms with Crippen molar-refractivity contribution < 1.29 is 9.53 Å². The molecule has 5 rings (SSSR count). The number of aromatic nitrogens is 3. The molecule has 0 spiro atoms. The van der Waals surface area contributed by atoms with E-state index in [9.17, 15) is 4.79 Å². The van der Waals surface area contributed by atoms with E-state index in [1.807, 2.05) is 6.92 Å². The van der Waals surface area contributed by atoms with E-state index < -0.39 is 0 Å². The molecule has 3 aliphatic rings. The molecule has 3 aliphatic carbocycles. The highest BCUT2D eigenvalue weighted by molar-refractivity contribution is 7.16. The van der Waals surface area contributed by atoms with Gasteiger partial charge in [0.15, 0.2) is 10.8 Å². The fraction of sp³-hybridized carbons (Fsp3) is 0.474. The SMILES string of the molecule is Cc1nc(-c2ncccn2)sc1C(=O)OCC1=CC[C@H]2C[C@@H]1C2(C)C. The van der Waals surface area contributed by atoms with Gasteiger partial charge < -0.3 is 4.74 Å². The van der Waals surface area contributed by atoms with Crippen molar-refractivity contribution in [1.29, 1.82) is 0 Å². The first kappa shape index (κ1) is 16.4. The van der Waals surface area contributed by atoms with Crippen LogP contribution in [-0.2, 0) is 4.74 Å². The summed E-state index contributed by atoms with van der Waals surface area (Å²) in [6.07, 6.45) is 7.93. The summed E-state index contributed by atoms with van der Waals surface area (Å²) >= 11 is 1.29. The van der Waals surface area contributed by atoms with Gasteiger partial charge in [0.25, 0.3) is 0 Å².